The fraction of sp³-hybridized carbons (Fsp3) is 0.714. The molecule has 0 heterocycles. The van der Waals surface area contributed by atoms with Crippen molar-refractivity contribution in [3.8, 4) is 0 Å². The van der Waals surface area contributed by atoms with Crippen LogP contribution in [0.2, 0.25) is 0 Å². The van der Waals surface area contributed by atoms with Crippen LogP contribution in [0.3, 0.4) is 0 Å². The Morgan fingerprint density at radius 2 is 2.00 bits per heavy atom. The smallest absolute Gasteiger partial charge is 0.171 e. The molecule has 4 N–H and O–H groups in total. The quantitative estimate of drug-likeness (QED) is 0.268. The van der Waals surface area contributed by atoms with Gasteiger partial charge in [0.25, 0.3) is 0 Å². The van der Waals surface area contributed by atoms with E-state index in [4.69, 9.17) is 21.8 Å². The van der Waals surface area contributed by atoms with Crippen LogP contribution in [0, 0.1) is 0 Å². The van der Waals surface area contributed by atoms with Crippen molar-refractivity contribution in [1.29, 1.82) is 0 Å². The molecule has 3 atom stereocenters. The number of carbonyl (C=O) groups excluding carboxylic acids is 2. The number of hydrogen-bond donors (Lipinski definition) is 4. The number of rotatable bonds is 6. The summed E-state index contributed by atoms with van der Waals surface area (Å²) >= 11 is 0. The lowest BCUT2D eigenvalue weighted by molar-refractivity contribution is -0.141. The van der Waals surface area contributed by atoms with Crippen LogP contribution in [-0.2, 0) is 9.59 Å². The number of aliphatic hydroxyl groups is 4. The molecule has 0 radical (unpaired) electrons. The number of aliphatic hydroxyl groups excluding tert-OH is 4. The minimum atomic E-state index is -1.97. The molecule has 0 saturated heterocycles. The Kier molecular flexibility index (Phi) is 4.55. The molecule has 0 aliphatic heterocycles. The summed E-state index contributed by atoms with van der Waals surface area (Å²) in [4.78, 5) is 21.0. The zero-order valence-corrected chi connectivity index (χ0v) is 6.75. The molecule has 0 aromatic heterocycles. The first-order chi connectivity index (χ1) is 6.40. The van der Waals surface area contributed by atoms with E-state index >= 15 is 0 Å². The van der Waals surface area contributed by atoms with Crippen molar-refractivity contribution in [3.63, 3.8) is 0 Å². The predicted molar refractivity (Wildman–Crippen MR) is 40.8 cm³/mol. The molecule has 6 nitrogen and oxygen atoms in total. The number of hydrogen-bond acceptors (Lipinski definition) is 6. The van der Waals surface area contributed by atoms with Gasteiger partial charge in [0.2, 0.25) is 0 Å². The van der Waals surface area contributed by atoms with Crippen molar-refractivity contribution in [3.05, 3.63) is 0 Å². The van der Waals surface area contributed by atoms with E-state index in [1.807, 2.05) is 0 Å². The fourth-order valence-corrected chi connectivity index (χ4v) is 0.685. The van der Waals surface area contributed by atoms with Gasteiger partial charge >= 0.3 is 0 Å². The molecule has 0 spiro atoms. The molecule has 0 saturated carbocycles. The normalized spacial score (nSPS) is 18.6. The first-order valence-corrected chi connectivity index (χ1v) is 3.57. The van der Waals surface area contributed by atoms with E-state index in [0.717, 1.165) is 0 Å². The van der Waals surface area contributed by atoms with Crippen molar-refractivity contribution in [2.24, 2.45) is 0 Å². The van der Waals surface area contributed by atoms with Gasteiger partial charge in [-0.15, -0.1) is 0 Å². The Hall–Kier alpha value is -0.820. The third-order valence-corrected chi connectivity index (χ3v) is 1.48. The summed E-state index contributed by atoms with van der Waals surface area (Å²) in [5.74, 6) is -1.06. The SMILES string of the molecule is [2H]C(=O)CC(=O)[C@@H](O)[C@H](O)[C@H](O)CO. The van der Waals surface area contributed by atoms with Crippen molar-refractivity contribution in [1.82, 2.24) is 0 Å². The van der Waals surface area contributed by atoms with Crippen molar-refractivity contribution in [2.45, 2.75) is 24.7 Å². The van der Waals surface area contributed by atoms with E-state index in [1.165, 1.54) is 0 Å². The van der Waals surface area contributed by atoms with Gasteiger partial charge in [0, 0.05) is 0 Å². The molecular formula is C7H12O6. The minimum Gasteiger partial charge on any atom is -0.394 e. The van der Waals surface area contributed by atoms with Gasteiger partial charge in [0.05, 0.1) is 13.0 Å². The summed E-state index contributed by atoms with van der Waals surface area (Å²) in [5, 5.41) is 35.3. The monoisotopic (exact) mass is 193 g/mol. The van der Waals surface area contributed by atoms with Crippen LogP contribution in [0.25, 0.3) is 0 Å². The molecule has 6 heteroatoms. The van der Waals surface area contributed by atoms with Crippen molar-refractivity contribution in [2.75, 3.05) is 6.61 Å². The molecule has 76 valence electrons. The number of aldehydes is 1. The van der Waals surface area contributed by atoms with E-state index in [2.05, 4.69) is 0 Å². The predicted octanol–water partition coefficient (Wildman–Crippen LogP) is -2.78. The minimum absolute atomic E-state index is 0.819. The van der Waals surface area contributed by atoms with Crippen LogP contribution >= 0.6 is 0 Å². The first kappa shape index (κ1) is 10.3. The Bertz CT molecular complexity index is 218. The molecule has 0 aliphatic carbocycles. The molecule has 0 aliphatic rings. The maximum Gasteiger partial charge on any atom is 0.171 e. The first-order valence-electron chi connectivity index (χ1n) is 4.07. The molecule has 0 unspecified atom stereocenters. The highest BCUT2D eigenvalue weighted by Gasteiger charge is 2.29. The summed E-state index contributed by atoms with van der Waals surface area (Å²) in [6.45, 7) is -0.819. The lowest BCUT2D eigenvalue weighted by Crippen LogP contribution is -2.43. The molecule has 13 heavy (non-hydrogen) atoms. The number of ketones is 1. The molecule has 0 fully saturated rings. The van der Waals surface area contributed by atoms with Crippen LogP contribution in [0.5, 0.6) is 0 Å². The lowest BCUT2D eigenvalue weighted by Gasteiger charge is -2.19. The van der Waals surface area contributed by atoms with E-state index in [-0.39, 0.29) is 0 Å². The lowest BCUT2D eigenvalue weighted by atomic mass is 10.0. The van der Waals surface area contributed by atoms with Gasteiger partial charge in [-0.25, -0.2) is 0 Å². The second-order valence-corrected chi connectivity index (χ2v) is 2.47. The second-order valence-electron chi connectivity index (χ2n) is 2.47. The van der Waals surface area contributed by atoms with Gasteiger partial charge in [0.15, 0.2) is 5.78 Å². The number of Topliss-reactive ketones (excluding diaryl/α,β-unsaturated/α-hetero) is 1. The zero-order valence-electron chi connectivity index (χ0n) is 7.75. The zero-order chi connectivity index (χ0) is 11.3. The third-order valence-electron chi connectivity index (χ3n) is 1.48. The summed E-state index contributed by atoms with van der Waals surface area (Å²) in [6.07, 6.45) is -7.51. The molecule has 0 amide bonds. The van der Waals surface area contributed by atoms with Crippen molar-refractivity contribution >= 4 is 12.0 Å². The second kappa shape index (κ2) is 5.76. The summed E-state index contributed by atoms with van der Waals surface area (Å²) < 4.78 is 6.43. The van der Waals surface area contributed by atoms with E-state index < -0.39 is 43.4 Å². The molecule has 0 aromatic carbocycles. The highest BCUT2D eigenvalue weighted by molar-refractivity contribution is 5.93. The Balaban J connectivity index is 4.23. The Morgan fingerprint density at radius 3 is 2.38 bits per heavy atom. The highest BCUT2D eigenvalue weighted by Crippen LogP contribution is 2.02. The summed E-state index contributed by atoms with van der Waals surface area (Å²) in [6, 6.07) is 0. The van der Waals surface area contributed by atoms with Crippen LogP contribution in [-0.4, -0.2) is 57.4 Å². The molecule has 0 aromatic rings. The third kappa shape index (κ3) is 3.60. The molecule has 0 rings (SSSR count). The van der Waals surface area contributed by atoms with E-state index in [0.29, 0.717) is 0 Å². The van der Waals surface area contributed by atoms with Gasteiger partial charge in [-0.2, -0.15) is 0 Å². The largest absolute Gasteiger partial charge is 0.394 e. The highest BCUT2D eigenvalue weighted by atomic mass is 16.4. The molecule has 0 bridgehead atoms. The maximum atomic E-state index is 10.9. The van der Waals surface area contributed by atoms with Crippen LogP contribution in [0.4, 0.5) is 0 Å². The van der Waals surface area contributed by atoms with E-state index in [9.17, 15) is 9.59 Å². The Labute approximate surface area is 75.8 Å². The topological polar surface area (TPSA) is 115 Å². The van der Waals surface area contributed by atoms with Gasteiger partial charge in [-0.05, 0) is 0 Å². The summed E-state index contributed by atoms with van der Waals surface area (Å²) in [5.41, 5.74) is 0. The number of carbonyl (C=O) groups is 2. The fourth-order valence-electron chi connectivity index (χ4n) is 0.685. The van der Waals surface area contributed by atoms with Gasteiger partial charge in [0.1, 0.15) is 25.9 Å². The van der Waals surface area contributed by atoms with Gasteiger partial charge < -0.3 is 25.2 Å². The average Bonchev–Trinajstić information content (AvgIpc) is 2.13. The Morgan fingerprint density at radius 1 is 1.46 bits per heavy atom. The summed E-state index contributed by atoms with van der Waals surface area (Å²) in [7, 11) is 0. The maximum absolute atomic E-state index is 10.9. The average molecular weight is 193 g/mol. The van der Waals surface area contributed by atoms with Gasteiger partial charge in [-0.1, -0.05) is 0 Å². The standard InChI is InChI=1S/C7H12O6/c8-2-1-4(10)6(12)7(13)5(11)3-9/h2,5-7,9,11-13H,1,3H2/t5-,6-,7-/m1/s1/i2D. The molecular weight excluding hydrogens is 180 g/mol. The van der Waals surface area contributed by atoms with Crippen LogP contribution in [0.1, 0.15) is 7.79 Å². The van der Waals surface area contributed by atoms with Crippen molar-refractivity contribution < 1.29 is 31.4 Å². The van der Waals surface area contributed by atoms with E-state index in [1.54, 1.807) is 0 Å². The van der Waals surface area contributed by atoms with Crippen LogP contribution in [0.15, 0.2) is 0 Å². The van der Waals surface area contributed by atoms with Crippen LogP contribution < -0.4 is 0 Å². The van der Waals surface area contributed by atoms with Gasteiger partial charge in [-0.3, -0.25) is 4.79 Å².